The van der Waals surface area contributed by atoms with Gasteiger partial charge in [-0.05, 0) is 30.3 Å². The first kappa shape index (κ1) is 16.5. The number of carbonyl (C=O) groups excluding carboxylic acids is 1. The molecule has 132 valence electrons. The van der Waals surface area contributed by atoms with E-state index in [9.17, 15) is 10.1 Å². The predicted octanol–water partition coefficient (Wildman–Crippen LogP) is 3.34. The van der Waals surface area contributed by atoms with E-state index in [2.05, 4.69) is 16.2 Å². The molecule has 3 heterocycles. The van der Waals surface area contributed by atoms with Crippen LogP contribution in [0.4, 0.5) is 0 Å². The molecular weight excluding hydrogens is 344 g/mol. The largest absolute Gasteiger partial charge is 0.489 e. The Kier molecular flexibility index (Phi) is 4.37. The molecule has 3 aromatic heterocycles. The van der Waals surface area contributed by atoms with Crippen molar-refractivity contribution in [1.29, 1.82) is 5.26 Å². The van der Waals surface area contributed by atoms with Crippen LogP contribution in [0, 0.1) is 11.3 Å². The van der Waals surface area contributed by atoms with Gasteiger partial charge in [0.2, 0.25) is 0 Å². The molecule has 0 unspecified atom stereocenters. The van der Waals surface area contributed by atoms with E-state index < -0.39 is 0 Å². The van der Waals surface area contributed by atoms with Crippen LogP contribution < -0.4 is 4.74 Å². The Morgan fingerprint density at radius 1 is 1.26 bits per heavy atom. The first-order valence-corrected chi connectivity index (χ1v) is 8.22. The van der Waals surface area contributed by atoms with Gasteiger partial charge in [-0.3, -0.25) is 9.67 Å². The highest BCUT2D eigenvalue weighted by molar-refractivity contribution is 5.85. The number of hydrogen-bond donors (Lipinski definition) is 0. The third-order valence-corrected chi connectivity index (χ3v) is 4.05. The maximum Gasteiger partial charge on any atom is 0.141 e. The van der Waals surface area contributed by atoms with Gasteiger partial charge in [-0.15, -0.1) is 0 Å². The second-order valence-corrected chi connectivity index (χ2v) is 5.87. The number of nitriles is 1. The average molecular weight is 358 g/mol. The first-order valence-electron chi connectivity index (χ1n) is 8.22. The monoisotopic (exact) mass is 358 g/mol. The Balaban J connectivity index is 1.55. The summed E-state index contributed by atoms with van der Waals surface area (Å²) < 4.78 is 13.2. The van der Waals surface area contributed by atoms with E-state index in [0.717, 1.165) is 17.2 Å². The molecule has 0 aliphatic rings. The molecule has 7 nitrogen and oxygen atoms in total. The van der Waals surface area contributed by atoms with Gasteiger partial charge >= 0.3 is 0 Å². The lowest BCUT2D eigenvalue weighted by atomic mass is 10.1. The van der Waals surface area contributed by atoms with E-state index in [1.165, 1.54) is 6.20 Å². The van der Waals surface area contributed by atoms with Gasteiger partial charge in [-0.25, -0.2) is 0 Å². The number of hydrogen-bond acceptors (Lipinski definition) is 6. The zero-order chi connectivity index (χ0) is 18.6. The quantitative estimate of drug-likeness (QED) is 0.491. The Morgan fingerprint density at radius 2 is 2.19 bits per heavy atom. The number of aldehydes is 1. The van der Waals surface area contributed by atoms with Crippen LogP contribution >= 0.6 is 0 Å². The topological polar surface area (TPSA) is 93.9 Å². The van der Waals surface area contributed by atoms with Crippen LogP contribution in [-0.2, 0) is 17.9 Å². The van der Waals surface area contributed by atoms with E-state index in [4.69, 9.17) is 9.15 Å². The molecule has 0 aliphatic heterocycles. The molecule has 0 bridgehead atoms. The second kappa shape index (κ2) is 7.14. The van der Waals surface area contributed by atoms with Crippen molar-refractivity contribution in [2.45, 2.75) is 13.2 Å². The Hall–Kier alpha value is -3.92. The second-order valence-electron chi connectivity index (χ2n) is 5.87. The average Bonchev–Trinajstić information content (AvgIpc) is 3.32. The van der Waals surface area contributed by atoms with E-state index in [-0.39, 0.29) is 6.54 Å². The number of aromatic nitrogens is 3. The molecule has 0 saturated carbocycles. The number of nitrogens with zero attached hydrogens (tertiary/aromatic N) is 4. The van der Waals surface area contributed by atoms with Gasteiger partial charge in [-0.1, -0.05) is 0 Å². The standard InChI is InChI=1S/C20H14N4O3/c21-9-16-11-22-4-3-18(16)20-8-15-7-17(1-2-19(15)27-20)26-13-14-10-23-24(12-14)5-6-25/h1-4,6-8,10-12H,5,13H2. The van der Waals surface area contributed by atoms with Crippen LogP contribution in [0.25, 0.3) is 22.3 Å². The lowest BCUT2D eigenvalue weighted by Crippen LogP contribution is -1.98. The maximum absolute atomic E-state index is 10.5. The highest BCUT2D eigenvalue weighted by atomic mass is 16.5. The molecule has 1 aromatic carbocycles. The van der Waals surface area contributed by atoms with E-state index in [1.807, 2.05) is 24.3 Å². The zero-order valence-electron chi connectivity index (χ0n) is 14.2. The SMILES string of the molecule is N#Cc1cnccc1-c1cc2cc(OCc3cnn(CC=O)c3)ccc2o1. The number of carbonyl (C=O) groups is 1. The lowest BCUT2D eigenvalue weighted by molar-refractivity contribution is -0.108. The molecule has 0 fully saturated rings. The van der Waals surface area contributed by atoms with Gasteiger partial charge in [0.05, 0.1) is 18.3 Å². The summed E-state index contributed by atoms with van der Waals surface area (Å²) in [6.07, 6.45) is 7.38. The maximum atomic E-state index is 10.5. The summed E-state index contributed by atoms with van der Waals surface area (Å²) in [5.74, 6) is 1.30. The van der Waals surface area contributed by atoms with Crippen molar-refractivity contribution in [3.8, 4) is 23.1 Å². The Bertz CT molecular complexity index is 1150. The molecule has 0 atom stereocenters. The number of furan rings is 1. The van der Waals surface area contributed by atoms with Gasteiger partial charge in [0, 0.05) is 35.1 Å². The van der Waals surface area contributed by atoms with Gasteiger partial charge < -0.3 is 13.9 Å². The van der Waals surface area contributed by atoms with Crippen molar-refractivity contribution >= 4 is 17.3 Å². The highest BCUT2D eigenvalue weighted by Crippen LogP contribution is 2.31. The van der Waals surface area contributed by atoms with Crippen LogP contribution in [0.2, 0.25) is 0 Å². The van der Waals surface area contributed by atoms with Crippen LogP contribution in [0.15, 0.2) is 59.5 Å². The molecule has 27 heavy (non-hydrogen) atoms. The molecule has 0 amide bonds. The minimum absolute atomic E-state index is 0.226. The fraction of sp³-hybridized carbons (Fsp3) is 0.100. The number of rotatable bonds is 6. The lowest BCUT2D eigenvalue weighted by Gasteiger charge is -2.03. The molecule has 0 saturated heterocycles. The minimum Gasteiger partial charge on any atom is -0.489 e. The minimum atomic E-state index is 0.226. The number of ether oxygens (including phenoxy) is 1. The molecule has 0 radical (unpaired) electrons. The van der Waals surface area contributed by atoms with Gasteiger partial charge in [0.15, 0.2) is 0 Å². The van der Waals surface area contributed by atoms with Crippen LogP contribution in [-0.4, -0.2) is 21.1 Å². The van der Waals surface area contributed by atoms with Crippen molar-refractivity contribution in [3.63, 3.8) is 0 Å². The number of benzene rings is 1. The van der Waals surface area contributed by atoms with Gasteiger partial charge in [-0.2, -0.15) is 10.4 Å². The fourth-order valence-corrected chi connectivity index (χ4v) is 2.77. The van der Waals surface area contributed by atoms with Crippen LogP contribution in [0.1, 0.15) is 11.1 Å². The summed E-state index contributed by atoms with van der Waals surface area (Å²) >= 11 is 0. The zero-order valence-corrected chi connectivity index (χ0v) is 14.2. The summed E-state index contributed by atoms with van der Waals surface area (Å²) in [6, 6.07) is 11.3. The molecule has 0 aliphatic carbocycles. The van der Waals surface area contributed by atoms with Crippen molar-refractivity contribution in [2.75, 3.05) is 0 Å². The van der Waals surface area contributed by atoms with Gasteiger partial charge in [0.25, 0.3) is 0 Å². The smallest absolute Gasteiger partial charge is 0.141 e. The molecule has 4 aromatic rings. The molecule has 4 rings (SSSR count). The highest BCUT2D eigenvalue weighted by Gasteiger charge is 2.11. The Labute approximate surface area is 154 Å². The third kappa shape index (κ3) is 3.41. The van der Waals surface area contributed by atoms with E-state index in [1.54, 1.807) is 29.3 Å². The van der Waals surface area contributed by atoms with Crippen molar-refractivity contribution in [3.05, 3.63) is 66.2 Å². The number of pyridine rings is 1. The van der Waals surface area contributed by atoms with E-state index in [0.29, 0.717) is 34.8 Å². The fourth-order valence-electron chi connectivity index (χ4n) is 2.77. The normalized spacial score (nSPS) is 10.6. The predicted molar refractivity (Wildman–Crippen MR) is 96.8 cm³/mol. The molecular formula is C20H14N4O3. The van der Waals surface area contributed by atoms with E-state index >= 15 is 0 Å². The van der Waals surface area contributed by atoms with Crippen molar-refractivity contribution in [1.82, 2.24) is 14.8 Å². The van der Waals surface area contributed by atoms with Crippen LogP contribution in [0.5, 0.6) is 5.75 Å². The molecule has 0 N–H and O–H groups in total. The summed E-state index contributed by atoms with van der Waals surface area (Å²) in [6.45, 7) is 0.571. The summed E-state index contributed by atoms with van der Waals surface area (Å²) in [5, 5.41) is 14.2. The summed E-state index contributed by atoms with van der Waals surface area (Å²) in [4.78, 5) is 14.5. The summed E-state index contributed by atoms with van der Waals surface area (Å²) in [5.41, 5.74) is 2.74. The van der Waals surface area contributed by atoms with Crippen molar-refractivity contribution < 1.29 is 13.9 Å². The third-order valence-electron chi connectivity index (χ3n) is 4.05. The van der Waals surface area contributed by atoms with Gasteiger partial charge in [0.1, 0.15) is 36.1 Å². The first-order chi connectivity index (χ1) is 13.3. The molecule has 7 heteroatoms. The number of fused-ring (bicyclic) bond motifs is 1. The Morgan fingerprint density at radius 3 is 3.04 bits per heavy atom. The molecule has 0 spiro atoms. The van der Waals surface area contributed by atoms with Crippen LogP contribution in [0.3, 0.4) is 0 Å². The summed E-state index contributed by atoms with van der Waals surface area (Å²) in [7, 11) is 0. The van der Waals surface area contributed by atoms with Crippen molar-refractivity contribution in [2.24, 2.45) is 0 Å².